The molecule has 1 amide bonds. The Morgan fingerprint density at radius 1 is 0.714 bits per heavy atom. The molecular weight excluding hydrogens is 585 g/mol. The van der Waals surface area contributed by atoms with Gasteiger partial charge in [-0.25, -0.2) is 4.79 Å². The van der Waals surface area contributed by atoms with Crippen LogP contribution < -0.4 is 4.74 Å². The third-order valence-corrected chi connectivity index (χ3v) is 6.20. The Balaban J connectivity index is 2.18. The van der Waals surface area contributed by atoms with Crippen molar-refractivity contribution < 1.29 is 58.9 Å². The molecule has 0 aliphatic heterocycles. The summed E-state index contributed by atoms with van der Waals surface area (Å²) in [7, 11) is 2.21. The summed E-state index contributed by atoms with van der Waals surface area (Å²) in [6, 6.07) is 8.04. The number of rotatable bonds is 8. The van der Waals surface area contributed by atoms with E-state index < -0.39 is 60.0 Å². The molecule has 0 unspecified atom stereocenters. The van der Waals surface area contributed by atoms with E-state index in [1.165, 1.54) is 13.2 Å². The lowest BCUT2D eigenvalue weighted by atomic mass is 9.94. The number of ether oxygens (including phenoxy) is 2. The van der Waals surface area contributed by atoms with Gasteiger partial charge in [-0.05, 0) is 71.1 Å². The first-order valence-electron chi connectivity index (χ1n) is 12.1. The van der Waals surface area contributed by atoms with Crippen LogP contribution >= 0.6 is 0 Å². The van der Waals surface area contributed by atoms with Crippen LogP contribution in [0.3, 0.4) is 0 Å². The van der Waals surface area contributed by atoms with Gasteiger partial charge in [-0.1, -0.05) is 12.1 Å². The van der Waals surface area contributed by atoms with Crippen molar-refractivity contribution in [2.24, 2.45) is 0 Å². The molecule has 42 heavy (non-hydrogen) atoms. The normalized spacial score (nSPS) is 12.3. The third kappa shape index (κ3) is 7.87. The van der Waals surface area contributed by atoms with Crippen LogP contribution in [-0.4, -0.2) is 36.9 Å². The van der Waals surface area contributed by atoms with Crippen LogP contribution in [0, 0.1) is 0 Å². The van der Waals surface area contributed by atoms with E-state index in [4.69, 9.17) is 4.74 Å². The van der Waals surface area contributed by atoms with Crippen LogP contribution in [0.2, 0.25) is 0 Å². The second kappa shape index (κ2) is 12.5. The molecule has 14 heteroatoms. The van der Waals surface area contributed by atoms with Crippen molar-refractivity contribution in [3.8, 4) is 16.9 Å². The smallest absolute Gasteiger partial charge is 0.416 e. The maximum absolute atomic E-state index is 13.7. The Labute approximate surface area is 234 Å². The zero-order valence-electron chi connectivity index (χ0n) is 22.0. The van der Waals surface area contributed by atoms with Crippen LogP contribution in [0.5, 0.6) is 5.75 Å². The summed E-state index contributed by atoms with van der Waals surface area (Å²) < 4.78 is 131. The van der Waals surface area contributed by atoms with E-state index in [9.17, 15) is 49.4 Å². The van der Waals surface area contributed by atoms with E-state index in [2.05, 4.69) is 4.74 Å². The SMILES string of the molecule is COC(=O)N(Cc1cc(C(F)(F)F)cc(C(F)(F)F)c1)Cc1cc(C(F)(F)F)ccc1-c1cc(CCO)ccc1OC. The molecule has 0 atom stereocenters. The summed E-state index contributed by atoms with van der Waals surface area (Å²) in [4.78, 5) is 13.3. The van der Waals surface area contributed by atoms with Crippen LogP contribution in [0.1, 0.15) is 33.4 Å². The molecule has 0 aliphatic carbocycles. The molecule has 3 aromatic carbocycles. The minimum absolute atomic E-state index is 0.0808. The lowest BCUT2D eigenvalue weighted by molar-refractivity contribution is -0.143. The number of hydrogen-bond acceptors (Lipinski definition) is 4. The number of aliphatic hydroxyl groups excluding tert-OH is 1. The number of methoxy groups -OCH3 is 2. The van der Waals surface area contributed by atoms with E-state index in [0.29, 0.717) is 22.6 Å². The molecule has 0 saturated heterocycles. The fraction of sp³-hybridized carbons (Fsp3) is 0.321. The average molecular weight is 609 g/mol. The fourth-order valence-electron chi connectivity index (χ4n) is 4.26. The van der Waals surface area contributed by atoms with Gasteiger partial charge in [0.25, 0.3) is 0 Å². The lowest BCUT2D eigenvalue weighted by Gasteiger charge is -2.25. The number of benzene rings is 3. The molecule has 0 aromatic heterocycles. The Morgan fingerprint density at radius 3 is 1.81 bits per heavy atom. The number of carbonyl (C=O) groups is 1. The summed E-state index contributed by atoms with van der Waals surface area (Å²) in [5, 5.41) is 9.32. The molecule has 0 saturated carbocycles. The Hall–Kier alpha value is -3.94. The Bertz CT molecular complexity index is 1380. The number of carbonyl (C=O) groups excluding carboxylic acids is 1. The van der Waals surface area contributed by atoms with E-state index in [0.717, 1.165) is 25.3 Å². The van der Waals surface area contributed by atoms with E-state index in [-0.39, 0.29) is 41.5 Å². The minimum Gasteiger partial charge on any atom is -0.496 e. The van der Waals surface area contributed by atoms with E-state index in [1.807, 2.05) is 0 Å². The standard InChI is InChI=1S/C28H24F9NO4/c1-41-24-6-3-16(7-8-39)11-23(24)22-5-4-19(26(29,30)31)12-18(22)15-38(25(40)42-2)14-17-9-20(27(32,33)34)13-21(10-17)28(35,36)37/h3-6,9-13,39H,7-8,14-15H2,1-2H3. The van der Waals surface area contributed by atoms with Crippen LogP contribution in [0.4, 0.5) is 44.3 Å². The van der Waals surface area contributed by atoms with Gasteiger partial charge >= 0.3 is 24.6 Å². The second-order valence-electron chi connectivity index (χ2n) is 9.12. The topological polar surface area (TPSA) is 59.0 Å². The quantitative estimate of drug-likeness (QED) is 0.266. The minimum atomic E-state index is -5.16. The van der Waals surface area contributed by atoms with Gasteiger partial charge in [-0.3, -0.25) is 4.90 Å². The first-order chi connectivity index (χ1) is 19.5. The fourth-order valence-corrected chi connectivity index (χ4v) is 4.26. The molecule has 0 aliphatic rings. The number of nitrogens with zero attached hydrogens (tertiary/aromatic N) is 1. The van der Waals surface area contributed by atoms with Crippen molar-refractivity contribution in [1.82, 2.24) is 4.90 Å². The third-order valence-electron chi connectivity index (χ3n) is 6.20. The highest BCUT2D eigenvalue weighted by Crippen LogP contribution is 2.39. The first kappa shape index (κ1) is 32.6. The molecule has 1 N–H and O–H groups in total. The highest BCUT2D eigenvalue weighted by Gasteiger charge is 2.37. The summed E-state index contributed by atoms with van der Waals surface area (Å²) in [5.74, 6) is 0.218. The predicted molar refractivity (Wildman–Crippen MR) is 132 cm³/mol. The maximum Gasteiger partial charge on any atom is 0.416 e. The molecule has 3 aromatic rings. The summed E-state index contributed by atoms with van der Waals surface area (Å²) >= 11 is 0. The monoisotopic (exact) mass is 609 g/mol. The predicted octanol–water partition coefficient (Wildman–Crippen LogP) is 7.72. The zero-order chi connectivity index (χ0) is 31.5. The molecule has 0 fully saturated rings. The zero-order valence-corrected chi connectivity index (χ0v) is 22.0. The molecular formula is C28H24F9NO4. The van der Waals surface area contributed by atoms with Gasteiger partial charge in [-0.15, -0.1) is 0 Å². The molecule has 0 spiro atoms. The molecule has 0 radical (unpaired) electrons. The highest BCUT2D eigenvalue weighted by atomic mass is 19.4. The summed E-state index contributed by atoms with van der Waals surface area (Å²) in [6.45, 7) is -1.80. The van der Waals surface area contributed by atoms with Gasteiger partial charge in [-0.2, -0.15) is 39.5 Å². The van der Waals surface area contributed by atoms with Gasteiger partial charge in [0.1, 0.15) is 5.75 Å². The molecule has 0 heterocycles. The summed E-state index contributed by atoms with van der Waals surface area (Å²) in [6.07, 6.45) is -16.2. The largest absolute Gasteiger partial charge is 0.496 e. The van der Waals surface area contributed by atoms with Gasteiger partial charge in [0, 0.05) is 25.3 Å². The Kier molecular flexibility index (Phi) is 9.70. The number of aliphatic hydroxyl groups is 1. The Morgan fingerprint density at radius 2 is 1.31 bits per heavy atom. The van der Waals surface area contributed by atoms with Gasteiger partial charge in [0.15, 0.2) is 0 Å². The van der Waals surface area contributed by atoms with Crippen LogP contribution in [0.15, 0.2) is 54.6 Å². The lowest BCUT2D eigenvalue weighted by Crippen LogP contribution is -2.30. The van der Waals surface area contributed by atoms with Gasteiger partial charge in [0.05, 0.1) is 30.9 Å². The number of alkyl halides is 9. The van der Waals surface area contributed by atoms with Gasteiger partial charge in [0.2, 0.25) is 0 Å². The van der Waals surface area contributed by atoms with Crippen LogP contribution in [-0.2, 0) is 42.8 Å². The van der Waals surface area contributed by atoms with E-state index >= 15 is 0 Å². The summed E-state index contributed by atoms with van der Waals surface area (Å²) in [5.41, 5.74) is -4.10. The van der Waals surface area contributed by atoms with Gasteiger partial charge < -0.3 is 14.6 Å². The number of hydrogen-bond donors (Lipinski definition) is 1. The van der Waals surface area contributed by atoms with Crippen molar-refractivity contribution in [3.05, 3.63) is 88.0 Å². The van der Waals surface area contributed by atoms with Crippen molar-refractivity contribution >= 4 is 6.09 Å². The van der Waals surface area contributed by atoms with Crippen molar-refractivity contribution in [3.63, 3.8) is 0 Å². The molecule has 3 rings (SSSR count). The molecule has 5 nitrogen and oxygen atoms in total. The van der Waals surface area contributed by atoms with Crippen molar-refractivity contribution in [2.75, 3.05) is 20.8 Å². The van der Waals surface area contributed by atoms with Crippen LogP contribution in [0.25, 0.3) is 11.1 Å². The number of amides is 1. The first-order valence-corrected chi connectivity index (χ1v) is 12.1. The van der Waals surface area contributed by atoms with Crippen molar-refractivity contribution in [2.45, 2.75) is 38.0 Å². The van der Waals surface area contributed by atoms with E-state index in [1.54, 1.807) is 12.1 Å². The molecule has 228 valence electrons. The highest BCUT2D eigenvalue weighted by molar-refractivity contribution is 5.75. The average Bonchev–Trinajstić information content (AvgIpc) is 2.90. The number of halogens is 9. The van der Waals surface area contributed by atoms with Crippen molar-refractivity contribution in [1.29, 1.82) is 0 Å². The maximum atomic E-state index is 13.7. The molecule has 0 bridgehead atoms. The second-order valence-corrected chi connectivity index (χ2v) is 9.12.